The first-order valence-electron chi connectivity index (χ1n) is 8.25. The molecule has 1 N–H and O–H groups in total. The predicted octanol–water partition coefficient (Wildman–Crippen LogP) is 4.11. The number of anilines is 1. The number of nitrogens with zero attached hydrogens (tertiary/aromatic N) is 3. The van der Waals surface area contributed by atoms with Crippen LogP contribution >= 0.6 is 11.8 Å². The molecule has 0 saturated heterocycles. The molecule has 1 unspecified atom stereocenters. The van der Waals surface area contributed by atoms with Gasteiger partial charge in [0, 0.05) is 24.9 Å². The molecule has 138 valence electrons. The van der Waals surface area contributed by atoms with Gasteiger partial charge in [-0.2, -0.15) is 0 Å². The zero-order valence-corrected chi connectivity index (χ0v) is 15.6. The standard InChI is InChI=1S/C19H18N4O3S/c1-13(18(24)21-15-8-10-16(11-9-15)23(25)26)27-19-20-12-17(22(19)2)14-6-4-3-5-7-14/h3-13H,1-2H3,(H,21,24). The smallest absolute Gasteiger partial charge is 0.269 e. The quantitative estimate of drug-likeness (QED) is 0.393. The van der Waals surface area contributed by atoms with Gasteiger partial charge in [0.2, 0.25) is 5.91 Å². The molecule has 0 aliphatic carbocycles. The van der Waals surface area contributed by atoms with E-state index in [9.17, 15) is 14.9 Å². The lowest BCUT2D eigenvalue weighted by molar-refractivity contribution is -0.384. The van der Waals surface area contributed by atoms with Crippen LogP contribution in [0.25, 0.3) is 11.3 Å². The lowest BCUT2D eigenvalue weighted by Gasteiger charge is -2.12. The van der Waals surface area contributed by atoms with E-state index < -0.39 is 4.92 Å². The van der Waals surface area contributed by atoms with Crippen LogP contribution in [-0.4, -0.2) is 25.6 Å². The van der Waals surface area contributed by atoms with E-state index >= 15 is 0 Å². The van der Waals surface area contributed by atoms with Gasteiger partial charge in [-0.15, -0.1) is 0 Å². The van der Waals surface area contributed by atoms with E-state index in [-0.39, 0.29) is 16.8 Å². The predicted molar refractivity (Wildman–Crippen MR) is 106 cm³/mol. The molecule has 0 aliphatic rings. The Morgan fingerprint density at radius 2 is 1.85 bits per heavy atom. The molecule has 1 heterocycles. The van der Waals surface area contributed by atoms with Crippen molar-refractivity contribution in [2.45, 2.75) is 17.3 Å². The molecule has 0 aliphatic heterocycles. The molecule has 0 bridgehead atoms. The second kappa shape index (κ2) is 8.05. The third-order valence-electron chi connectivity index (χ3n) is 4.01. The number of non-ortho nitro benzene ring substituents is 1. The zero-order valence-electron chi connectivity index (χ0n) is 14.8. The van der Waals surface area contributed by atoms with Crippen molar-refractivity contribution in [3.8, 4) is 11.3 Å². The second-order valence-corrected chi connectivity index (χ2v) is 7.21. The van der Waals surface area contributed by atoms with Crippen LogP contribution < -0.4 is 5.32 Å². The number of aromatic nitrogens is 2. The van der Waals surface area contributed by atoms with Gasteiger partial charge >= 0.3 is 0 Å². The molecule has 8 heteroatoms. The number of hydrogen-bond donors (Lipinski definition) is 1. The van der Waals surface area contributed by atoms with E-state index in [0.29, 0.717) is 5.69 Å². The number of amides is 1. The van der Waals surface area contributed by atoms with E-state index in [0.717, 1.165) is 16.4 Å². The van der Waals surface area contributed by atoms with Gasteiger partial charge in [-0.25, -0.2) is 4.98 Å². The molecule has 3 aromatic rings. The van der Waals surface area contributed by atoms with Crippen LogP contribution in [0.2, 0.25) is 0 Å². The SMILES string of the molecule is CC(Sc1ncc(-c2ccccc2)n1C)C(=O)Nc1ccc([N+](=O)[O-])cc1. The molecular formula is C19H18N4O3S. The maximum absolute atomic E-state index is 12.4. The molecule has 2 aromatic carbocycles. The van der Waals surface area contributed by atoms with E-state index in [1.54, 1.807) is 13.1 Å². The van der Waals surface area contributed by atoms with Gasteiger partial charge in [0.15, 0.2) is 5.16 Å². The number of benzene rings is 2. The fourth-order valence-electron chi connectivity index (χ4n) is 2.50. The molecule has 1 atom stereocenters. The summed E-state index contributed by atoms with van der Waals surface area (Å²) in [6.07, 6.45) is 1.79. The summed E-state index contributed by atoms with van der Waals surface area (Å²) in [6.45, 7) is 1.79. The average Bonchev–Trinajstić information content (AvgIpc) is 3.03. The van der Waals surface area contributed by atoms with Crippen LogP contribution in [-0.2, 0) is 11.8 Å². The lowest BCUT2D eigenvalue weighted by atomic mass is 10.2. The van der Waals surface area contributed by atoms with Crippen LogP contribution in [0.5, 0.6) is 0 Å². The van der Waals surface area contributed by atoms with Gasteiger partial charge in [0.25, 0.3) is 5.69 Å². The number of carbonyl (C=O) groups is 1. The summed E-state index contributed by atoms with van der Waals surface area (Å²) in [4.78, 5) is 27.1. The molecule has 0 radical (unpaired) electrons. The van der Waals surface area contributed by atoms with Crippen LogP contribution in [0, 0.1) is 10.1 Å². The Morgan fingerprint density at radius 1 is 1.19 bits per heavy atom. The van der Waals surface area contributed by atoms with Crippen LogP contribution in [0.1, 0.15) is 6.92 Å². The second-order valence-electron chi connectivity index (χ2n) is 5.90. The summed E-state index contributed by atoms with van der Waals surface area (Å²) < 4.78 is 1.95. The molecule has 27 heavy (non-hydrogen) atoms. The Hall–Kier alpha value is -3.13. The highest BCUT2D eigenvalue weighted by Crippen LogP contribution is 2.28. The minimum absolute atomic E-state index is 0.0168. The normalized spacial score (nSPS) is 11.8. The van der Waals surface area contributed by atoms with E-state index in [1.165, 1.54) is 36.0 Å². The molecule has 0 saturated carbocycles. The van der Waals surface area contributed by atoms with Gasteiger partial charge in [0.05, 0.1) is 22.1 Å². The van der Waals surface area contributed by atoms with Crippen LogP contribution in [0.4, 0.5) is 11.4 Å². The van der Waals surface area contributed by atoms with E-state index in [2.05, 4.69) is 10.3 Å². The van der Waals surface area contributed by atoms with E-state index in [4.69, 9.17) is 0 Å². The van der Waals surface area contributed by atoms with Crippen molar-refractivity contribution in [3.05, 3.63) is 70.9 Å². The Labute approximate surface area is 160 Å². The summed E-state index contributed by atoms with van der Waals surface area (Å²) in [5.74, 6) is -0.196. The highest BCUT2D eigenvalue weighted by molar-refractivity contribution is 8.00. The lowest BCUT2D eigenvalue weighted by Crippen LogP contribution is -2.22. The maximum Gasteiger partial charge on any atom is 0.269 e. The number of thioether (sulfide) groups is 1. The first kappa shape index (κ1) is 18.7. The van der Waals surface area contributed by atoms with Crippen molar-refractivity contribution in [1.82, 2.24) is 9.55 Å². The zero-order chi connectivity index (χ0) is 19.4. The monoisotopic (exact) mass is 382 g/mol. The first-order valence-corrected chi connectivity index (χ1v) is 9.13. The summed E-state index contributed by atoms with van der Waals surface area (Å²) in [5.41, 5.74) is 2.53. The molecule has 0 spiro atoms. The van der Waals surface area contributed by atoms with Gasteiger partial charge in [-0.3, -0.25) is 14.9 Å². The third kappa shape index (κ3) is 4.35. The van der Waals surface area contributed by atoms with Crippen molar-refractivity contribution in [2.75, 3.05) is 5.32 Å². The Bertz CT molecular complexity index is 955. The minimum Gasteiger partial charge on any atom is -0.325 e. The Balaban J connectivity index is 1.66. The Kier molecular flexibility index (Phi) is 5.56. The van der Waals surface area contributed by atoms with Crippen LogP contribution in [0.3, 0.4) is 0 Å². The summed E-state index contributed by atoms with van der Waals surface area (Å²) in [6, 6.07) is 15.7. The number of imidazole rings is 1. The number of hydrogen-bond acceptors (Lipinski definition) is 5. The molecule has 1 amide bonds. The highest BCUT2D eigenvalue weighted by Gasteiger charge is 2.19. The average molecular weight is 382 g/mol. The molecular weight excluding hydrogens is 364 g/mol. The van der Waals surface area contributed by atoms with Crippen molar-refractivity contribution in [3.63, 3.8) is 0 Å². The summed E-state index contributed by atoms with van der Waals surface area (Å²) >= 11 is 1.35. The summed E-state index contributed by atoms with van der Waals surface area (Å²) in [7, 11) is 1.92. The summed E-state index contributed by atoms with van der Waals surface area (Å²) in [5, 5.41) is 13.8. The van der Waals surface area contributed by atoms with Crippen molar-refractivity contribution < 1.29 is 9.72 Å². The third-order valence-corrected chi connectivity index (χ3v) is 5.17. The Morgan fingerprint density at radius 3 is 2.48 bits per heavy atom. The number of nitro groups is 1. The van der Waals surface area contributed by atoms with Gasteiger partial charge in [-0.1, -0.05) is 42.1 Å². The largest absolute Gasteiger partial charge is 0.325 e. The molecule has 0 fully saturated rings. The van der Waals surface area contributed by atoms with Crippen LogP contribution in [0.15, 0.2) is 66.0 Å². The van der Waals surface area contributed by atoms with Crippen molar-refractivity contribution >= 4 is 29.0 Å². The fraction of sp³-hybridized carbons (Fsp3) is 0.158. The number of carbonyl (C=O) groups excluding carboxylic acids is 1. The maximum atomic E-state index is 12.4. The van der Waals surface area contributed by atoms with Gasteiger partial charge in [-0.05, 0) is 24.6 Å². The molecule has 1 aromatic heterocycles. The van der Waals surface area contributed by atoms with Crippen molar-refractivity contribution in [2.24, 2.45) is 7.05 Å². The number of nitrogens with one attached hydrogen (secondary N) is 1. The highest BCUT2D eigenvalue weighted by atomic mass is 32.2. The number of nitro benzene ring substituents is 1. The number of rotatable bonds is 6. The van der Waals surface area contributed by atoms with Gasteiger partial charge in [0.1, 0.15) is 0 Å². The van der Waals surface area contributed by atoms with E-state index in [1.807, 2.05) is 41.9 Å². The molecule has 7 nitrogen and oxygen atoms in total. The van der Waals surface area contributed by atoms with Crippen molar-refractivity contribution in [1.29, 1.82) is 0 Å². The molecule has 3 rings (SSSR count). The first-order chi connectivity index (χ1) is 13.0. The minimum atomic E-state index is -0.477. The van der Waals surface area contributed by atoms with Gasteiger partial charge < -0.3 is 9.88 Å². The fourth-order valence-corrected chi connectivity index (χ4v) is 3.35. The topological polar surface area (TPSA) is 90.1 Å².